The van der Waals surface area contributed by atoms with Crippen LogP contribution < -0.4 is 0 Å². The molecule has 0 aromatic rings. The number of allylic oxidation sites excluding steroid dienone is 4. The zero-order valence-corrected chi connectivity index (χ0v) is 4.88. The predicted octanol–water partition coefficient (Wildman–Crippen LogP) is 1.01. The van der Waals surface area contributed by atoms with Gasteiger partial charge in [-0.1, -0.05) is 0 Å². The van der Waals surface area contributed by atoms with Gasteiger partial charge in [0.15, 0.2) is 5.78 Å². The van der Waals surface area contributed by atoms with Gasteiger partial charge in [-0.25, -0.2) is 0 Å². The summed E-state index contributed by atoms with van der Waals surface area (Å²) in [7, 11) is 0. The van der Waals surface area contributed by atoms with Crippen LogP contribution in [0.5, 0.6) is 0 Å². The highest BCUT2D eigenvalue weighted by atomic mass is 16.3. The van der Waals surface area contributed by atoms with Crippen molar-refractivity contribution >= 4 is 5.78 Å². The number of aliphatic hydroxyl groups excluding tert-OH is 2. The molecule has 0 amide bonds. The van der Waals surface area contributed by atoms with Crippen molar-refractivity contribution in [1.29, 1.82) is 0 Å². The molecule has 3 nitrogen and oxygen atoms in total. The van der Waals surface area contributed by atoms with Crippen molar-refractivity contribution in [3.05, 3.63) is 35.8 Å². The Morgan fingerprint density at radius 2 is 2.30 bits per heavy atom. The largest absolute Gasteiger partial charge is 0.515 e. The minimum atomic E-state index is -0.935. The molecule has 0 saturated carbocycles. The minimum absolute atomic E-state index is 0.349. The van der Waals surface area contributed by atoms with Crippen molar-refractivity contribution in [3.63, 3.8) is 0 Å². The first-order valence-electron chi connectivity index (χ1n) is 3.97. The smallest absolute Gasteiger partial charge is 0.189 e. The molecule has 0 bridgehead atoms. The maximum absolute atomic E-state index is 11.1. The molecule has 1 rings (SSSR count). The quantitative estimate of drug-likeness (QED) is 0.391. The number of rotatable bonds is 0. The average Bonchev–Trinajstić information content (AvgIpc) is 2.13. The third-order valence-corrected chi connectivity index (χ3v) is 0.921. The van der Waals surface area contributed by atoms with Crippen molar-refractivity contribution in [2.75, 3.05) is 0 Å². The molecule has 0 aromatic carbocycles. The van der Waals surface area contributed by atoms with E-state index in [9.17, 15) is 4.79 Å². The Morgan fingerprint density at radius 1 is 1.60 bits per heavy atom. The second-order valence-electron chi connectivity index (χ2n) is 1.60. The Labute approximate surface area is 61.8 Å². The summed E-state index contributed by atoms with van der Waals surface area (Å²) in [5, 5.41) is 17.6. The zero-order chi connectivity index (χ0) is 10.2. The summed E-state index contributed by atoms with van der Waals surface area (Å²) in [5.74, 6) is -1.71. The summed E-state index contributed by atoms with van der Waals surface area (Å²) in [6, 6.07) is -2.05. The number of ketones is 1. The summed E-state index contributed by atoms with van der Waals surface area (Å²) in [6.07, 6.45) is 0.349. The second kappa shape index (κ2) is 2.39. The highest BCUT2D eigenvalue weighted by Crippen LogP contribution is 2.09. The lowest BCUT2D eigenvalue weighted by atomic mass is 10.1. The van der Waals surface area contributed by atoms with Crippen LogP contribution in [0.25, 0.3) is 0 Å². The fourth-order valence-electron chi connectivity index (χ4n) is 0.490. The Kier molecular flexibility index (Phi) is 0.862. The Balaban J connectivity index is 3.41. The number of aliphatic hydroxyl groups is 2. The lowest BCUT2D eigenvalue weighted by molar-refractivity contribution is -0.111. The molecule has 10 heavy (non-hydrogen) atoms. The lowest BCUT2D eigenvalue weighted by Gasteiger charge is -2.00. The number of carbonyl (C=O) groups excluding carboxylic acids is 1. The van der Waals surface area contributed by atoms with Gasteiger partial charge in [0.05, 0.1) is 15.9 Å². The van der Waals surface area contributed by atoms with Gasteiger partial charge in [0, 0.05) is 0 Å². The van der Waals surface area contributed by atoms with Crippen molar-refractivity contribution in [2.24, 2.45) is 0 Å². The standard InChI is InChI=1S/C7H6O3/c8-4-5-3-6(9)1-2-7(5)10/h1-4,8-9H/i1D,2D,3D. The van der Waals surface area contributed by atoms with E-state index in [0.717, 1.165) is 0 Å². The van der Waals surface area contributed by atoms with Gasteiger partial charge in [0.2, 0.25) is 0 Å². The molecule has 0 aliphatic heterocycles. The van der Waals surface area contributed by atoms with E-state index in [1.54, 1.807) is 0 Å². The lowest BCUT2D eigenvalue weighted by Crippen LogP contribution is -2.01. The maximum atomic E-state index is 11.1. The molecule has 0 atom stereocenters. The summed E-state index contributed by atoms with van der Waals surface area (Å²) < 4.78 is 21.2. The highest BCUT2D eigenvalue weighted by Gasteiger charge is 2.08. The zero-order valence-electron chi connectivity index (χ0n) is 7.88. The number of hydrogen-bond donors (Lipinski definition) is 2. The summed E-state index contributed by atoms with van der Waals surface area (Å²) in [5.41, 5.74) is -0.474. The predicted molar refractivity (Wildman–Crippen MR) is 35.6 cm³/mol. The molecule has 0 fully saturated rings. The van der Waals surface area contributed by atoms with E-state index >= 15 is 0 Å². The molecule has 0 heterocycles. The maximum Gasteiger partial charge on any atom is 0.189 e. The van der Waals surface area contributed by atoms with E-state index < -0.39 is 35.3 Å². The summed E-state index contributed by atoms with van der Waals surface area (Å²) >= 11 is 0. The third kappa shape index (κ3) is 1.07. The van der Waals surface area contributed by atoms with E-state index in [1.165, 1.54) is 0 Å². The van der Waals surface area contributed by atoms with Gasteiger partial charge in [-0.3, -0.25) is 4.79 Å². The fraction of sp³-hybridized carbons (Fsp3) is 0. The van der Waals surface area contributed by atoms with Crippen LogP contribution in [0.3, 0.4) is 0 Å². The van der Waals surface area contributed by atoms with E-state index in [2.05, 4.69) is 0 Å². The molecule has 1 aliphatic rings. The van der Waals surface area contributed by atoms with Crippen molar-refractivity contribution in [2.45, 2.75) is 0 Å². The van der Waals surface area contributed by atoms with Crippen LogP contribution in [-0.2, 0) is 4.79 Å². The monoisotopic (exact) mass is 141 g/mol. The molecule has 2 N–H and O–H groups in total. The van der Waals surface area contributed by atoms with E-state index in [-0.39, 0.29) is 0 Å². The molecule has 3 heteroatoms. The van der Waals surface area contributed by atoms with Gasteiger partial charge >= 0.3 is 0 Å². The van der Waals surface area contributed by atoms with Crippen molar-refractivity contribution < 1.29 is 19.1 Å². The van der Waals surface area contributed by atoms with Gasteiger partial charge in [-0.2, -0.15) is 0 Å². The van der Waals surface area contributed by atoms with Gasteiger partial charge in [-0.15, -0.1) is 0 Å². The average molecular weight is 141 g/mol. The molecule has 0 spiro atoms. The van der Waals surface area contributed by atoms with Crippen LogP contribution in [-0.4, -0.2) is 16.0 Å². The SMILES string of the molecule is [2H]C1=C([2H])C(O)=C([2H])C(=CO)C1=O. The first-order valence-corrected chi connectivity index (χ1v) is 2.47. The molecule has 0 aromatic heterocycles. The van der Waals surface area contributed by atoms with Crippen LogP contribution >= 0.6 is 0 Å². The number of hydrogen-bond acceptors (Lipinski definition) is 3. The third-order valence-electron chi connectivity index (χ3n) is 0.921. The van der Waals surface area contributed by atoms with Gasteiger partial charge < -0.3 is 10.2 Å². The highest BCUT2D eigenvalue weighted by molar-refractivity contribution is 6.07. The molecular weight excluding hydrogens is 132 g/mol. The molecule has 0 saturated heterocycles. The first kappa shape index (κ1) is 3.61. The second-order valence-corrected chi connectivity index (χ2v) is 1.60. The Hall–Kier alpha value is -1.51. The van der Waals surface area contributed by atoms with Crippen molar-refractivity contribution in [1.82, 2.24) is 0 Å². The first-order chi connectivity index (χ1) is 6.00. The van der Waals surface area contributed by atoms with Gasteiger partial charge in [-0.05, 0) is 18.2 Å². The number of carbonyl (C=O) groups is 1. The Morgan fingerprint density at radius 3 is 2.90 bits per heavy atom. The normalized spacial score (nSPS) is 28.6. The molecule has 0 unspecified atom stereocenters. The molecule has 52 valence electrons. The summed E-state index contributed by atoms with van der Waals surface area (Å²) in [4.78, 5) is 11.1. The summed E-state index contributed by atoms with van der Waals surface area (Å²) in [6.45, 7) is 0. The van der Waals surface area contributed by atoms with E-state index in [0.29, 0.717) is 6.26 Å². The molecule has 1 aliphatic carbocycles. The van der Waals surface area contributed by atoms with Crippen LogP contribution in [0.15, 0.2) is 35.8 Å². The van der Waals surface area contributed by atoms with E-state index in [1.807, 2.05) is 0 Å². The van der Waals surface area contributed by atoms with Gasteiger partial charge in [0.1, 0.15) is 5.76 Å². The topological polar surface area (TPSA) is 57.5 Å². The van der Waals surface area contributed by atoms with Crippen LogP contribution in [0.1, 0.15) is 4.11 Å². The van der Waals surface area contributed by atoms with Crippen LogP contribution in [0.4, 0.5) is 0 Å². The van der Waals surface area contributed by atoms with Crippen LogP contribution in [0.2, 0.25) is 0 Å². The fourth-order valence-corrected chi connectivity index (χ4v) is 0.490. The van der Waals surface area contributed by atoms with Gasteiger partial charge in [0.25, 0.3) is 0 Å². The minimum Gasteiger partial charge on any atom is -0.515 e. The Bertz CT molecular complexity index is 361. The molecular formula is C7H6O3. The molecule has 0 radical (unpaired) electrons. The van der Waals surface area contributed by atoms with E-state index in [4.69, 9.17) is 14.3 Å². The van der Waals surface area contributed by atoms with Crippen molar-refractivity contribution in [3.8, 4) is 0 Å². The van der Waals surface area contributed by atoms with Crippen LogP contribution in [0, 0.1) is 0 Å².